The van der Waals surface area contributed by atoms with Crippen molar-refractivity contribution >= 4 is 56.3 Å². The van der Waals surface area contributed by atoms with Crippen molar-refractivity contribution in [1.82, 2.24) is 5.43 Å². The SMILES string of the molecule is CCOc1cc(/C=N\NC(=O)Cc2ccc(Br)cc2)cc(I)c1OCc1ccc([N+](=O)[O-])cc1. The van der Waals surface area contributed by atoms with Crippen molar-refractivity contribution in [1.29, 1.82) is 0 Å². The number of hydrogen-bond donors (Lipinski definition) is 1. The quantitative estimate of drug-likeness (QED) is 0.134. The molecule has 34 heavy (non-hydrogen) atoms. The van der Waals surface area contributed by atoms with Gasteiger partial charge in [-0.1, -0.05) is 28.1 Å². The molecule has 0 atom stereocenters. The lowest BCUT2D eigenvalue weighted by Crippen LogP contribution is -2.19. The van der Waals surface area contributed by atoms with Crippen LogP contribution >= 0.6 is 38.5 Å². The molecular weight excluding hydrogens is 617 g/mol. The Bertz CT molecular complexity index is 1180. The number of hydrogen-bond acceptors (Lipinski definition) is 6. The Morgan fingerprint density at radius 3 is 2.44 bits per heavy atom. The fourth-order valence-electron chi connectivity index (χ4n) is 2.94. The van der Waals surface area contributed by atoms with Crippen molar-refractivity contribution in [2.24, 2.45) is 5.10 Å². The van der Waals surface area contributed by atoms with Crippen molar-refractivity contribution in [2.75, 3.05) is 6.61 Å². The number of nitro benzene ring substituents is 1. The van der Waals surface area contributed by atoms with Crippen LogP contribution in [0.3, 0.4) is 0 Å². The van der Waals surface area contributed by atoms with Gasteiger partial charge in [-0.15, -0.1) is 0 Å². The van der Waals surface area contributed by atoms with E-state index in [4.69, 9.17) is 9.47 Å². The van der Waals surface area contributed by atoms with Gasteiger partial charge in [0, 0.05) is 16.6 Å². The number of carbonyl (C=O) groups is 1. The van der Waals surface area contributed by atoms with Crippen LogP contribution in [-0.4, -0.2) is 23.7 Å². The maximum Gasteiger partial charge on any atom is 0.269 e. The highest BCUT2D eigenvalue weighted by Crippen LogP contribution is 2.34. The van der Waals surface area contributed by atoms with Crippen molar-refractivity contribution in [3.8, 4) is 11.5 Å². The largest absolute Gasteiger partial charge is 0.490 e. The molecular formula is C24H21BrIN3O5. The summed E-state index contributed by atoms with van der Waals surface area (Å²) in [5.41, 5.74) is 4.98. The lowest BCUT2D eigenvalue weighted by molar-refractivity contribution is -0.384. The van der Waals surface area contributed by atoms with Crippen molar-refractivity contribution in [3.63, 3.8) is 0 Å². The minimum atomic E-state index is -0.440. The van der Waals surface area contributed by atoms with Gasteiger partial charge in [-0.05, 0) is 82.6 Å². The molecule has 1 amide bonds. The van der Waals surface area contributed by atoms with Gasteiger partial charge in [0.2, 0.25) is 5.91 Å². The first kappa shape index (κ1) is 25.6. The summed E-state index contributed by atoms with van der Waals surface area (Å²) in [5.74, 6) is 0.887. The standard InChI is InChI=1S/C24H21BrIN3O5/c1-2-33-22-12-18(14-27-28-23(30)13-16-3-7-19(25)8-4-16)11-21(26)24(22)34-15-17-5-9-20(10-6-17)29(31)32/h3-12,14H,2,13,15H2,1H3,(H,28,30)/b27-14-. The second kappa shape index (κ2) is 12.5. The Balaban J connectivity index is 1.65. The van der Waals surface area contributed by atoms with Crippen LogP contribution in [0.4, 0.5) is 5.69 Å². The predicted octanol–water partition coefficient (Wildman–Crippen LogP) is 5.63. The molecule has 0 aromatic heterocycles. The molecule has 0 aliphatic heterocycles. The molecule has 0 spiro atoms. The molecule has 0 fully saturated rings. The van der Waals surface area contributed by atoms with E-state index in [0.29, 0.717) is 18.1 Å². The summed E-state index contributed by atoms with van der Waals surface area (Å²) in [4.78, 5) is 22.5. The van der Waals surface area contributed by atoms with Crippen LogP contribution < -0.4 is 14.9 Å². The third-order valence-electron chi connectivity index (χ3n) is 4.54. The van der Waals surface area contributed by atoms with E-state index in [2.05, 4.69) is 49.0 Å². The van der Waals surface area contributed by atoms with Crippen LogP contribution in [0.1, 0.15) is 23.6 Å². The van der Waals surface area contributed by atoms with Crippen molar-refractivity contribution in [2.45, 2.75) is 20.0 Å². The van der Waals surface area contributed by atoms with Crippen molar-refractivity contribution in [3.05, 3.63) is 95.5 Å². The zero-order valence-corrected chi connectivity index (χ0v) is 21.9. The predicted molar refractivity (Wildman–Crippen MR) is 141 cm³/mol. The number of hydrazone groups is 1. The second-order valence-electron chi connectivity index (χ2n) is 7.07. The molecule has 0 radical (unpaired) electrons. The number of nitro groups is 1. The first-order chi connectivity index (χ1) is 16.4. The summed E-state index contributed by atoms with van der Waals surface area (Å²) < 4.78 is 13.5. The number of non-ortho nitro benzene ring substituents is 1. The van der Waals surface area contributed by atoms with Gasteiger partial charge in [0.25, 0.3) is 5.69 Å². The highest BCUT2D eigenvalue weighted by Gasteiger charge is 2.13. The van der Waals surface area contributed by atoms with E-state index in [1.165, 1.54) is 12.1 Å². The summed E-state index contributed by atoms with van der Waals surface area (Å²) in [7, 11) is 0. The first-order valence-corrected chi connectivity index (χ1v) is 12.1. The third kappa shape index (κ3) is 7.52. The zero-order chi connectivity index (χ0) is 24.5. The van der Waals surface area contributed by atoms with Crippen LogP contribution in [0.25, 0.3) is 0 Å². The monoisotopic (exact) mass is 637 g/mol. The average Bonchev–Trinajstić information content (AvgIpc) is 2.80. The maximum absolute atomic E-state index is 12.1. The van der Waals surface area contributed by atoms with Gasteiger partial charge in [0.1, 0.15) is 6.61 Å². The summed E-state index contributed by atoms with van der Waals surface area (Å²) in [6, 6.07) is 17.4. The number of ether oxygens (including phenoxy) is 2. The summed E-state index contributed by atoms with van der Waals surface area (Å²) in [5, 5.41) is 14.9. The fraction of sp³-hybridized carbons (Fsp3) is 0.167. The molecule has 10 heteroatoms. The number of nitrogens with zero attached hydrogens (tertiary/aromatic N) is 2. The van der Waals surface area contributed by atoms with Crippen LogP contribution in [-0.2, 0) is 17.8 Å². The van der Waals surface area contributed by atoms with E-state index in [-0.39, 0.29) is 24.6 Å². The molecule has 0 saturated carbocycles. The lowest BCUT2D eigenvalue weighted by Gasteiger charge is -2.14. The Kier molecular flexibility index (Phi) is 9.40. The minimum absolute atomic E-state index is 0.0286. The van der Waals surface area contributed by atoms with Gasteiger partial charge in [-0.3, -0.25) is 14.9 Å². The molecule has 0 unspecified atom stereocenters. The number of carbonyl (C=O) groups excluding carboxylic acids is 1. The number of rotatable bonds is 10. The third-order valence-corrected chi connectivity index (χ3v) is 5.87. The van der Waals surface area contributed by atoms with Gasteiger partial charge >= 0.3 is 0 Å². The molecule has 3 aromatic rings. The van der Waals surface area contributed by atoms with Crippen molar-refractivity contribution < 1.29 is 19.2 Å². The molecule has 3 aromatic carbocycles. The van der Waals surface area contributed by atoms with Gasteiger partial charge in [-0.2, -0.15) is 5.10 Å². The highest BCUT2D eigenvalue weighted by atomic mass is 127. The maximum atomic E-state index is 12.1. The van der Waals surface area contributed by atoms with E-state index in [9.17, 15) is 14.9 Å². The van der Waals surface area contributed by atoms with E-state index in [0.717, 1.165) is 24.7 Å². The first-order valence-electron chi connectivity index (χ1n) is 10.2. The molecule has 0 bridgehead atoms. The molecule has 0 aliphatic rings. The molecule has 0 aliphatic carbocycles. The summed E-state index contributed by atoms with van der Waals surface area (Å²) in [6.45, 7) is 2.54. The normalized spacial score (nSPS) is 10.8. The topological polar surface area (TPSA) is 103 Å². The zero-order valence-electron chi connectivity index (χ0n) is 18.2. The second-order valence-corrected chi connectivity index (χ2v) is 9.15. The van der Waals surface area contributed by atoms with Gasteiger partial charge < -0.3 is 9.47 Å². The fourth-order valence-corrected chi connectivity index (χ4v) is 3.99. The Morgan fingerprint density at radius 1 is 1.12 bits per heavy atom. The Morgan fingerprint density at radius 2 is 1.79 bits per heavy atom. The molecule has 176 valence electrons. The van der Waals surface area contributed by atoms with E-state index >= 15 is 0 Å². The van der Waals surface area contributed by atoms with E-state index < -0.39 is 4.92 Å². The van der Waals surface area contributed by atoms with Crippen LogP contribution in [0.15, 0.2) is 70.2 Å². The van der Waals surface area contributed by atoms with Crippen LogP contribution in [0, 0.1) is 13.7 Å². The Hall–Kier alpha value is -2.99. The lowest BCUT2D eigenvalue weighted by atomic mass is 10.1. The van der Waals surface area contributed by atoms with Gasteiger partial charge in [-0.25, -0.2) is 5.43 Å². The Labute approximate surface area is 218 Å². The summed E-state index contributed by atoms with van der Waals surface area (Å²) in [6.07, 6.45) is 1.77. The number of halogens is 2. The number of nitrogens with one attached hydrogen (secondary N) is 1. The minimum Gasteiger partial charge on any atom is -0.490 e. The molecule has 3 rings (SSSR count). The van der Waals surface area contributed by atoms with Crippen LogP contribution in [0.5, 0.6) is 11.5 Å². The van der Waals surface area contributed by atoms with Gasteiger partial charge in [0.05, 0.1) is 27.7 Å². The molecule has 0 saturated heterocycles. The number of benzene rings is 3. The smallest absolute Gasteiger partial charge is 0.269 e. The summed E-state index contributed by atoms with van der Waals surface area (Å²) >= 11 is 5.51. The van der Waals surface area contributed by atoms with Crippen LogP contribution in [0.2, 0.25) is 0 Å². The molecule has 8 nitrogen and oxygen atoms in total. The average molecular weight is 638 g/mol. The highest BCUT2D eigenvalue weighted by molar-refractivity contribution is 14.1. The number of amides is 1. The molecule has 0 heterocycles. The molecule has 1 N–H and O–H groups in total. The van der Waals surface area contributed by atoms with E-state index in [1.807, 2.05) is 37.3 Å². The van der Waals surface area contributed by atoms with Gasteiger partial charge in [0.15, 0.2) is 11.5 Å². The van der Waals surface area contributed by atoms with E-state index in [1.54, 1.807) is 24.4 Å².